The number of rotatable bonds is 5. The van der Waals surface area contributed by atoms with Gasteiger partial charge in [0.05, 0.1) is 16.4 Å². The van der Waals surface area contributed by atoms with Crippen LogP contribution in [0.3, 0.4) is 0 Å². The van der Waals surface area contributed by atoms with Gasteiger partial charge < -0.3 is 10.3 Å². The molecule has 0 saturated carbocycles. The molecule has 0 radical (unpaired) electrons. The van der Waals surface area contributed by atoms with Gasteiger partial charge >= 0.3 is 0 Å². The Balaban J connectivity index is 1.66. The first-order valence-electron chi connectivity index (χ1n) is 8.33. The molecule has 2 heterocycles. The zero-order valence-corrected chi connectivity index (χ0v) is 16.8. The molecule has 0 aliphatic rings. The van der Waals surface area contributed by atoms with Gasteiger partial charge in [0.25, 0.3) is 5.56 Å². The maximum atomic E-state index is 12.3. The summed E-state index contributed by atoms with van der Waals surface area (Å²) in [6, 6.07) is 7.70. The number of aryl methyl sites for hydroxylation is 3. The molecule has 0 saturated heterocycles. The smallest absolute Gasteiger partial charge is 0.259 e. The van der Waals surface area contributed by atoms with E-state index in [1.165, 1.54) is 23.1 Å². The van der Waals surface area contributed by atoms with Crippen molar-refractivity contribution in [1.82, 2.24) is 9.97 Å². The van der Waals surface area contributed by atoms with E-state index in [1.54, 1.807) is 0 Å². The number of hydrogen-bond donors (Lipinski definition) is 2. The highest BCUT2D eigenvalue weighted by Gasteiger charge is 2.16. The summed E-state index contributed by atoms with van der Waals surface area (Å²) in [5.74, 6) is 1.01. The van der Waals surface area contributed by atoms with Gasteiger partial charge in [0.2, 0.25) is 5.91 Å². The lowest BCUT2D eigenvalue weighted by Gasteiger charge is -2.12. The van der Waals surface area contributed by atoms with Crippen molar-refractivity contribution in [1.29, 1.82) is 0 Å². The number of carbonyl (C=O) groups excluding carboxylic acids is 1. The number of hydrogen-bond acceptors (Lipinski definition) is 5. The van der Waals surface area contributed by atoms with Gasteiger partial charge in [-0.15, -0.1) is 23.1 Å². The van der Waals surface area contributed by atoms with Gasteiger partial charge in [-0.25, -0.2) is 4.98 Å². The summed E-state index contributed by atoms with van der Waals surface area (Å²) in [4.78, 5) is 33.9. The second-order valence-corrected chi connectivity index (χ2v) is 8.82. The summed E-state index contributed by atoms with van der Waals surface area (Å²) in [6.07, 6.45) is 0. The zero-order valence-electron chi connectivity index (χ0n) is 15.2. The Labute approximate surface area is 160 Å². The number of anilines is 1. The average molecular weight is 388 g/mol. The molecule has 1 amide bonds. The molecule has 0 bridgehead atoms. The highest BCUT2D eigenvalue weighted by Crippen LogP contribution is 2.26. The van der Waals surface area contributed by atoms with Gasteiger partial charge in [0, 0.05) is 10.6 Å². The Hall–Kier alpha value is -2.12. The van der Waals surface area contributed by atoms with E-state index in [4.69, 9.17) is 0 Å². The van der Waals surface area contributed by atoms with Crippen LogP contribution in [0.4, 0.5) is 5.69 Å². The van der Waals surface area contributed by atoms with Crippen LogP contribution in [0.25, 0.3) is 10.2 Å². The molecule has 0 aliphatic carbocycles. The Kier molecular flexibility index (Phi) is 5.48. The maximum absolute atomic E-state index is 12.3. The van der Waals surface area contributed by atoms with Crippen molar-refractivity contribution in [3.8, 4) is 0 Å². The van der Waals surface area contributed by atoms with Crippen molar-refractivity contribution in [3.05, 3.63) is 56.4 Å². The van der Waals surface area contributed by atoms with Crippen molar-refractivity contribution in [3.63, 3.8) is 0 Å². The molecule has 1 atom stereocenters. The molecule has 5 nitrogen and oxygen atoms in total. The quantitative estimate of drug-likeness (QED) is 0.689. The number of aromatic amines is 1. The van der Waals surface area contributed by atoms with Crippen molar-refractivity contribution in [2.24, 2.45) is 0 Å². The van der Waals surface area contributed by atoms with Crippen LogP contribution in [-0.4, -0.2) is 21.1 Å². The minimum absolute atomic E-state index is 0.0647. The molecule has 2 N–H and O–H groups in total. The average Bonchev–Trinajstić information content (AvgIpc) is 2.89. The van der Waals surface area contributed by atoms with Gasteiger partial charge in [-0.1, -0.05) is 17.7 Å². The Morgan fingerprint density at radius 2 is 1.96 bits per heavy atom. The summed E-state index contributed by atoms with van der Waals surface area (Å²) in [5, 5.41) is 3.32. The molecule has 0 fully saturated rings. The van der Waals surface area contributed by atoms with Crippen LogP contribution in [0.1, 0.15) is 28.8 Å². The molecule has 3 rings (SSSR count). The number of thioether (sulfide) groups is 1. The first-order chi connectivity index (χ1) is 12.3. The number of nitrogens with zero attached hydrogens (tertiary/aromatic N) is 1. The van der Waals surface area contributed by atoms with Crippen LogP contribution in [0.2, 0.25) is 0 Å². The second-order valence-electron chi connectivity index (χ2n) is 6.28. The summed E-state index contributed by atoms with van der Waals surface area (Å²) in [5.41, 5.74) is 2.81. The van der Waals surface area contributed by atoms with Crippen LogP contribution in [0.15, 0.2) is 29.1 Å². The second kappa shape index (κ2) is 7.63. The first kappa shape index (κ1) is 18.7. The van der Waals surface area contributed by atoms with Gasteiger partial charge in [-0.2, -0.15) is 0 Å². The van der Waals surface area contributed by atoms with Gasteiger partial charge in [0.1, 0.15) is 10.7 Å². The summed E-state index contributed by atoms with van der Waals surface area (Å²) < 4.78 is 0. The Morgan fingerprint density at radius 1 is 1.27 bits per heavy atom. The number of nitrogens with one attached hydrogen (secondary N) is 2. The zero-order chi connectivity index (χ0) is 18.8. The standard InChI is InChI=1S/C19H21N3O2S2/c1-10-5-7-14(8-6-10)20-17(23)13(4)25-9-15-21-18(24)16-11(2)12(3)26-19(16)22-15/h5-8,13H,9H2,1-4H3,(H,20,23)(H,21,22,24). The SMILES string of the molecule is Cc1ccc(NC(=O)C(C)SCc2nc3sc(C)c(C)c3c(=O)[nH]2)cc1. The molecular weight excluding hydrogens is 366 g/mol. The molecule has 1 unspecified atom stereocenters. The summed E-state index contributed by atoms with van der Waals surface area (Å²) >= 11 is 2.98. The highest BCUT2D eigenvalue weighted by atomic mass is 32.2. The fourth-order valence-corrected chi connectivity index (χ4v) is 4.33. The monoisotopic (exact) mass is 387 g/mol. The van der Waals surface area contributed by atoms with Crippen LogP contribution >= 0.6 is 23.1 Å². The predicted octanol–water partition coefficient (Wildman–Crippen LogP) is 4.17. The van der Waals surface area contributed by atoms with E-state index in [1.807, 2.05) is 52.0 Å². The minimum atomic E-state index is -0.260. The van der Waals surface area contributed by atoms with Crippen molar-refractivity contribution >= 4 is 44.9 Å². The Morgan fingerprint density at radius 3 is 2.65 bits per heavy atom. The van der Waals surface area contributed by atoms with E-state index >= 15 is 0 Å². The van der Waals surface area contributed by atoms with Crippen LogP contribution < -0.4 is 10.9 Å². The van der Waals surface area contributed by atoms with E-state index in [0.717, 1.165) is 26.5 Å². The summed E-state index contributed by atoms with van der Waals surface area (Å²) in [7, 11) is 0. The maximum Gasteiger partial charge on any atom is 0.259 e. The number of H-pyrrole nitrogens is 1. The normalized spacial score (nSPS) is 12.3. The van der Waals surface area contributed by atoms with Gasteiger partial charge in [-0.05, 0) is 45.4 Å². The van der Waals surface area contributed by atoms with Crippen LogP contribution in [0.5, 0.6) is 0 Å². The van der Waals surface area contributed by atoms with Gasteiger partial charge in [-0.3, -0.25) is 9.59 Å². The summed E-state index contributed by atoms with van der Waals surface area (Å²) in [6.45, 7) is 7.79. The minimum Gasteiger partial charge on any atom is -0.325 e. The number of thiophene rings is 1. The molecule has 2 aromatic heterocycles. The third-order valence-corrected chi connectivity index (χ3v) is 6.50. The largest absolute Gasteiger partial charge is 0.325 e. The third kappa shape index (κ3) is 3.99. The molecule has 0 spiro atoms. The van der Waals surface area contributed by atoms with Crippen molar-refractivity contribution in [2.45, 2.75) is 38.7 Å². The van der Waals surface area contributed by atoms with Crippen molar-refractivity contribution in [2.75, 3.05) is 5.32 Å². The highest BCUT2D eigenvalue weighted by molar-refractivity contribution is 7.99. The Bertz CT molecular complexity index is 1010. The molecular formula is C19H21N3O2S2. The van der Waals surface area contributed by atoms with E-state index in [2.05, 4.69) is 15.3 Å². The molecule has 0 aliphatic heterocycles. The van der Waals surface area contributed by atoms with E-state index in [9.17, 15) is 9.59 Å². The van der Waals surface area contributed by atoms with E-state index < -0.39 is 0 Å². The number of fused-ring (bicyclic) bond motifs is 1. The molecule has 26 heavy (non-hydrogen) atoms. The number of aromatic nitrogens is 2. The van der Waals surface area contributed by atoms with Gasteiger partial charge in [0.15, 0.2) is 0 Å². The third-order valence-electron chi connectivity index (χ3n) is 4.25. The van der Waals surface area contributed by atoms with Crippen LogP contribution in [0, 0.1) is 20.8 Å². The number of carbonyl (C=O) groups is 1. The topological polar surface area (TPSA) is 74.8 Å². The molecule has 7 heteroatoms. The fourth-order valence-electron chi connectivity index (χ4n) is 2.53. The fraction of sp³-hybridized carbons (Fsp3) is 0.316. The predicted molar refractivity (Wildman–Crippen MR) is 110 cm³/mol. The number of amides is 1. The van der Waals surface area contributed by atoms with E-state index in [-0.39, 0.29) is 16.7 Å². The lowest BCUT2D eigenvalue weighted by Crippen LogP contribution is -2.23. The molecule has 136 valence electrons. The molecule has 1 aromatic carbocycles. The van der Waals surface area contributed by atoms with E-state index in [0.29, 0.717) is 17.0 Å². The lowest BCUT2D eigenvalue weighted by molar-refractivity contribution is -0.115. The first-order valence-corrected chi connectivity index (χ1v) is 10.2. The number of benzene rings is 1. The molecule has 3 aromatic rings. The van der Waals surface area contributed by atoms with Crippen LogP contribution in [-0.2, 0) is 10.5 Å². The lowest BCUT2D eigenvalue weighted by atomic mass is 10.2. The van der Waals surface area contributed by atoms with Crippen molar-refractivity contribution < 1.29 is 4.79 Å².